The zero-order chi connectivity index (χ0) is 35.3. The Morgan fingerprint density at radius 1 is 0.478 bits per heavy atom. The Kier molecular flexibility index (Phi) is 32.4. The van der Waals surface area contributed by atoms with Gasteiger partial charge in [-0.05, 0) is 19.5 Å². The van der Waals surface area contributed by atoms with Crippen LogP contribution in [0.25, 0.3) is 0 Å². The molecule has 8 atom stereocenters. The van der Waals surface area contributed by atoms with Crippen LogP contribution in [-0.2, 0) is 4.79 Å². The molecule has 0 aromatic carbocycles. The highest BCUT2D eigenvalue weighted by molar-refractivity contribution is 5.48. The lowest BCUT2D eigenvalue weighted by molar-refractivity contribution is -0.125. The van der Waals surface area contributed by atoms with E-state index in [0.717, 1.165) is 19.1 Å². The molecule has 0 bridgehead atoms. The first-order valence-electron chi connectivity index (χ1n) is 17.5. The number of hydrogen-bond acceptors (Lipinski definition) is 13. The number of unbranched alkanes of at least 4 members (excludes halogenated alkanes) is 13. The van der Waals surface area contributed by atoms with Gasteiger partial charge in [0.25, 0.3) is 0 Å². The van der Waals surface area contributed by atoms with Crippen LogP contribution < -0.4 is 0 Å². The molecule has 278 valence electrons. The van der Waals surface area contributed by atoms with Gasteiger partial charge in [-0.2, -0.15) is 0 Å². The number of nitrogens with zero attached hydrogens (tertiary/aromatic N) is 2. The molecule has 0 heterocycles. The smallest absolute Gasteiger partial charge is 0.119 e. The summed E-state index contributed by atoms with van der Waals surface area (Å²) >= 11 is 0. The molecule has 13 heteroatoms. The van der Waals surface area contributed by atoms with Crippen LogP contribution in [0.2, 0.25) is 0 Å². The number of aliphatic hydroxyl groups excluding tert-OH is 10. The number of likely N-dealkylation sites (N-methyl/N-ethyl adjacent to an activating group) is 2. The third-order valence-corrected chi connectivity index (χ3v) is 8.26. The Balaban J connectivity index is 0. The van der Waals surface area contributed by atoms with E-state index in [2.05, 4.69) is 6.92 Å². The van der Waals surface area contributed by atoms with Crippen molar-refractivity contribution in [2.45, 2.75) is 159 Å². The lowest BCUT2D eigenvalue weighted by Crippen LogP contribution is -2.53. The van der Waals surface area contributed by atoms with Crippen LogP contribution in [0, 0.1) is 0 Å². The molecule has 0 saturated carbocycles. The summed E-state index contributed by atoms with van der Waals surface area (Å²) in [5.74, 6) is 0. The van der Waals surface area contributed by atoms with Gasteiger partial charge in [0.2, 0.25) is 0 Å². The van der Waals surface area contributed by atoms with Crippen LogP contribution in [0.15, 0.2) is 0 Å². The normalized spacial score (nSPS) is 17.1. The Labute approximate surface area is 277 Å². The van der Waals surface area contributed by atoms with Gasteiger partial charge in [0.1, 0.15) is 42.9 Å². The van der Waals surface area contributed by atoms with Crippen LogP contribution in [0.3, 0.4) is 0 Å². The largest absolute Gasteiger partial charge is 0.394 e. The van der Waals surface area contributed by atoms with Gasteiger partial charge in [0.15, 0.2) is 0 Å². The van der Waals surface area contributed by atoms with Crippen molar-refractivity contribution in [3.63, 3.8) is 0 Å². The molecule has 0 fully saturated rings. The lowest BCUT2D eigenvalue weighted by atomic mass is 10.0. The molecule has 0 spiro atoms. The van der Waals surface area contributed by atoms with Crippen molar-refractivity contribution in [2.24, 2.45) is 0 Å². The maximum Gasteiger partial charge on any atom is 0.119 e. The van der Waals surface area contributed by atoms with Crippen LogP contribution >= 0.6 is 0 Å². The Morgan fingerprint density at radius 3 is 1.07 bits per heavy atom. The third kappa shape index (κ3) is 23.5. The van der Waals surface area contributed by atoms with Gasteiger partial charge in [-0.25, -0.2) is 0 Å². The SMILES string of the molecule is CCCCCCCCCCCCCCCC=O.CCN(CC(O)C(O)C(O)C(O)CO)CN(CC)CC(O)C(O)C(O)C(O)CO. The molecule has 13 nitrogen and oxygen atoms in total. The highest BCUT2D eigenvalue weighted by Gasteiger charge is 2.33. The predicted octanol–water partition coefficient (Wildman–Crippen LogP) is 0.126. The summed E-state index contributed by atoms with van der Waals surface area (Å²) in [6.07, 6.45) is 6.73. The molecule has 0 aromatic rings. The van der Waals surface area contributed by atoms with Gasteiger partial charge in [0, 0.05) is 19.5 Å². The maximum absolute atomic E-state index is 10.1. The second kappa shape index (κ2) is 31.5. The van der Waals surface area contributed by atoms with E-state index in [9.17, 15) is 45.6 Å². The number of aldehydes is 1. The molecule has 0 rings (SSSR count). The molecule has 10 N–H and O–H groups in total. The number of carbonyl (C=O) groups is 1. The van der Waals surface area contributed by atoms with E-state index >= 15 is 0 Å². The standard InChI is InChI=1S/C17H38N2O10.C16H32O/c1-3-18(5-10(22)14(26)16(28)12(24)7-20)9-19(4-2)6-11(23)15(27)17(29)13(25)8-21;1-2-3-4-5-6-7-8-9-10-11-12-13-14-15-16-17/h10-17,20-29H,3-9H2,1-2H3;16H,2-15H2,1H3. The summed E-state index contributed by atoms with van der Waals surface area (Å²) in [6, 6.07) is 0. The fourth-order valence-corrected chi connectivity index (χ4v) is 4.97. The van der Waals surface area contributed by atoms with E-state index in [1.807, 2.05) is 0 Å². The summed E-state index contributed by atoms with van der Waals surface area (Å²) < 4.78 is 0. The van der Waals surface area contributed by atoms with E-state index in [1.165, 1.54) is 77.0 Å². The minimum Gasteiger partial charge on any atom is -0.394 e. The van der Waals surface area contributed by atoms with Gasteiger partial charge < -0.3 is 55.9 Å². The highest BCUT2D eigenvalue weighted by Crippen LogP contribution is 2.13. The predicted molar refractivity (Wildman–Crippen MR) is 178 cm³/mol. The second-order valence-electron chi connectivity index (χ2n) is 12.3. The van der Waals surface area contributed by atoms with E-state index in [4.69, 9.17) is 10.2 Å². The maximum atomic E-state index is 10.1. The van der Waals surface area contributed by atoms with Crippen molar-refractivity contribution >= 4 is 6.29 Å². The fourth-order valence-electron chi connectivity index (χ4n) is 4.97. The number of carbonyl (C=O) groups excluding carboxylic acids is 1. The zero-order valence-corrected chi connectivity index (χ0v) is 28.8. The topological polar surface area (TPSA) is 226 Å². The van der Waals surface area contributed by atoms with Gasteiger partial charge >= 0.3 is 0 Å². The van der Waals surface area contributed by atoms with Crippen molar-refractivity contribution in [2.75, 3.05) is 46.1 Å². The van der Waals surface area contributed by atoms with Crippen molar-refractivity contribution in [1.29, 1.82) is 0 Å². The van der Waals surface area contributed by atoms with Crippen molar-refractivity contribution < 1.29 is 55.9 Å². The van der Waals surface area contributed by atoms with Crippen LogP contribution in [0.4, 0.5) is 0 Å². The number of hydrogen-bond donors (Lipinski definition) is 10. The van der Waals surface area contributed by atoms with Gasteiger partial charge in [-0.1, -0.05) is 97.8 Å². The molecule has 0 aromatic heterocycles. The summed E-state index contributed by atoms with van der Waals surface area (Å²) in [4.78, 5) is 13.5. The zero-order valence-electron chi connectivity index (χ0n) is 28.8. The molecule has 0 amide bonds. The Bertz CT molecular complexity index is 631. The molecule has 0 saturated heterocycles. The summed E-state index contributed by atoms with van der Waals surface area (Å²) in [6.45, 7) is 5.13. The average Bonchev–Trinajstić information content (AvgIpc) is 3.07. The Morgan fingerprint density at radius 2 is 0.783 bits per heavy atom. The van der Waals surface area contributed by atoms with Gasteiger partial charge in [0.05, 0.1) is 32.1 Å². The molecule has 0 aliphatic heterocycles. The van der Waals surface area contributed by atoms with E-state index in [0.29, 0.717) is 13.1 Å². The highest BCUT2D eigenvalue weighted by atomic mass is 16.4. The van der Waals surface area contributed by atoms with Crippen molar-refractivity contribution in [3.8, 4) is 0 Å². The molecule has 0 radical (unpaired) electrons. The van der Waals surface area contributed by atoms with Crippen LogP contribution in [0.1, 0.15) is 111 Å². The first-order chi connectivity index (χ1) is 21.9. The molecule has 46 heavy (non-hydrogen) atoms. The van der Waals surface area contributed by atoms with E-state index < -0.39 is 62.0 Å². The van der Waals surface area contributed by atoms with E-state index in [-0.39, 0.29) is 19.8 Å². The fraction of sp³-hybridized carbons (Fsp3) is 0.970. The first kappa shape index (κ1) is 47.3. The summed E-state index contributed by atoms with van der Waals surface area (Å²) in [7, 11) is 0. The second-order valence-corrected chi connectivity index (χ2v) is 12.3. The Hall–Kier alpha value is -0.810. The van der Waals surface area contributed by atoms with E-state index in [1.54, 1.807) is 23.6 Å². The number of aliphatic hydroxyl groups is 10. The summed E-state index contributed by atoms with van der Waals surface area (Å²) in [5, 5.41) is 95.9. The molecule has 0 aliphatic carbocycles. The lowest BCUT2D eigenvalue weighted by Gasteiger charge is -2.35. The van der Waals surface area contributed by atoms with Gasteiger partial charge in [-0.3, -0.25) is 9.80 Å². The van der Waals surface area contributed by atoms with Crippen LogP contribution in [-0.4, -0.2) is 162 Å². The molecular weight excluding hydrogens is 600 g/mol. The monoisotopic (exact) mass is 670 g/mol. The molecular formula is C33H70N2O11. The van der Waals surface area contributed by atoms with Gasteiger partial charge in [-0.15, -0.1) is 0 Å². The molecule has 0 aliphatic rings. The minimum absolute atomic E-state index is 0.0894. The van der Waals surface area contributed by atoms with Crippen molar-refractivity contribution in [3.05, 3.63) is 0 Å². The average molecular weight is 671 g/mol. The quantitative estimate of drug-likeness (QED) is 0.0279. The summed E-state index contributed by atoms with van der Waals surface area (Å²) in [5.41, 5.74) is 0. The van der Waals surface area contributed by atoms with Crippen molar-refractivity contribution in [1.82, 2.24) is 9.80 Å². The molecule has 8 unspecified atom stereocenters. The first-order valence-corrected chi connectivity index (χ1v) is 17.5. The minimum atomic E-state index is -1.73. The van der Waals surface area contributed by atoms with Crippen LogP contribution in [0.5, 0.6) is 0 Å². The third-order valence-electron chi connectivity index (χ3n) is 8.26. The number of rotatable bonds is 30.